The van der Waals surface area contributed by atoms with Crippen LogP contribution in [0.2, 0.25) is 0 Å². The largest absolute Gasteiger partial charge is 0.393 e. The molecule has 0 bridgehead atoms. The fourth-order valence-electron chi connectivity index (χ4n) is 4.17. The molecule has 0 aromatic carbocycles. The lowest BCUT2D eigenvalue weighted by molar-refractivity contribution is -0.0186. The van der Waals surface area contributed by atoms with Crippen LogP contribution in [0.25, 0.3) is 0 Å². The number of rotatable bonds is 5. The summed E-state index contributed by atoms with van der Waals surface area (Å²) < 4.78 is 5.14. The van der Waals surface area contributed by atoms with Crippen LogP contribution in [-0.2, 0) is 4.74 Å². The zero-order valence-corrected chi connectivity index (χ0v) is 12.0. The highest BCUT2D eigenvalue weighted by Gasteiger charge is 2.46. The van der Waals surface area contributed by atoms with Crippen LogP contribution in [0.15, 0.2) is 0 Å². The molecule has 0 aliphatic heterocycles. The number of hydrogen-bond acceptors (Lipinski definition) is 3. The Kier molecular flexibility index (Phi) is 5.05. The first-order valence-electron chi connectivity index (χ1n) is 7.55. The summed E-state index contributed by atoms with van der Waals surface area (Å²) in [6, 6.07) is 0.584. The first-order chi connectivity index (χ1) is 8.68. The third-order valence-corrected chi connectivity index (χ3v) is 5.17. The lowest BCUT2D eigenvalue weighted by Gasteiger charge is -2.47. The van der Waals surface area contributed by atoms with Gasteiger partial charge in [0.1, 0.15) is 0 Å². The van der Waals surface area contributed by atoms with Crippen molar-refractivity contribution in [1.82, 2.24) is 4.90 Å². The second kappa shape index (κ2) is 6.36. The van der Waals surface area contributed by atoms with Gasteiger partial charge < -0.3 is 14.7 Å². The van der Waals surface area contributed by atoms with E-state index in [4.69, 9.17) is 4.74 Å². The standard InChI is InChI=1S/C15H29NO2/c1-16(10-5-11-18-2)14-12-13(17)6-9-15(14)7-3-4-8-15/h13-14,17H,3-12H2,1-2H3. The molecule has 2 atom stereocenters. The third kappa shape index (κ3) is 3.06. The minimum Gasteiger partial charge on any atom is -0.393 e. The van der Waals surface area contributed by atoms with Crippen molar-refractivity contribution in [3.05, 3.63) is 0 Å². The summed E-state index contributed by atoms with van der Waals surface area (Å²) in [7, 11) is 4.00. The summed E-state index contributed by atoms with van der Waals surface area (Å²) in [5.41, 5.74) is 0.515. The molecule has 106 valence electrons. The van der Waals surface area contributed by atoms with Crippen molar-refractivity contribution < 1.29 is 9.84 Å². The Morgan fingerprint density at radius 2 is 2.00 bits per heavy atom. The molecule has 0 aromatic rings. The van der Waals surface area contributed by atoms with Gasteiger partial charge in [-0.15, -0.1) is 0 Å². The summed E-state index contributed by atoms with van der Waals surface area (Å²) in [6.07, 6.45) is 9.76. The number of aliphatic hydroxyl groups is 1. The smallest absolute Gasteiger partial charge is 0.0555 e. The van der Waals surface area contributed by atoms with Gasteiger partial charge in [-0.05, 0) is 51.0 Å². The van der Waals surface area contributed by atoms with E-state index < -0.39 is 0 Å². The van der Waals surface area contributed by atoms with Crippen LogP contribution in [0.5, 0.6) is 0 Å². The average Bonchev–Trinajstić information content (AvgIpc) is 2.82. The van der Waals surface area contributed by atoms with Crippen LogP contribution in [0.1, 0.15) is 51.4 Å². The Morgan fingerprint density at radius 3 is 2.67 bits per heavy atom. The Hall–Kier alpha value is -0.120. The maximum absolute atomic E-state index is 9.99. The maximum Gasteiger partial charge on any atom is 0.0555 e. The molecule has 0 radical (unpaired) electrons. The molecule has 3 nitrogen and oxygen atoms in total. The molecule has 2 aliphatic carbocycles. The second-order valence-corrected chi connectivity index (χ2v) is 6.34. The quantitative estimate of drug-likeness (QED) is 0.766. The van der Waals surface area contributed by atoms with E-state index in [2.05, 4.69) is 11.9 Å². The van der Waals surface area contributed by atoms with Gasteiger partial charge >= 0.3 is 0 Å². The van der Waals surface area contributed by atoms with E-state index in [9.17, 15) is 5.11 Å². The van der Waals surface area contributed by atoms with Gasteiger partial charge in [0.15, 0.2) is 0 Å². The first kappa shape index (κ1) is 14.3. The van der Waals surface area contributed by atoms with E-state index in [-0.39, 0.29) is 6.10 Å². The highest BCUT2D eigenvalue weighted by atomic mass is 16.5. The predicted octanol–water partition coefficient (Wildman–Crippen LogP) is 2.43. The number of aliphatic hydroxyl groups excluding tert-OH is 1. The lowest BCUT2D eigenvalue weighted by Crippen LogP contribution is -2.50. The Balaban J connectivity index is 1.96. The maximum atomic E-state index is 9.99. The van der Waals surface area contributed by atoms with Crippen molar-refractivity contribution in [2.75, 3.05) is 27.3 Å². The molecule has 18 heavy (non-hydrogen) atoms. The topological polar surface area (TPSA) is 32.7 Å². The fourth-order valence-corrected chi connectivity index (χ4v) is 4.17. The lowest BCUT2D eigenvalue weighted by atomic mass is 9.67. The number of ether oxygens (including phenoxy) is 1. The number of methoxy groups -OCH3 is 1. The van der Waals surface area contributed by atoms with E-state index in [1.54, 1.807) is 7.11 Å². The highest BCUT2D eigenvalue weighted by molar-refractivity contribution is 4.99. The molecule has 2 saturated carbocycles. The first-order valence-corrected chi connectivity index (χ1v) is 7.55. The normalized spacial score (nSPS) is 31.3. The van der Waals surface area contributed by atoms with Crippen molar-refractivity contribution >= 4 is 0 Å². The van der Waals surface area contributed by atoms with Crippen LogP contribution in [0.3, 0.4) is 0 Å². The van der Waals surface area contributed by atoms with E-state index in [0.717, 1.165) is 32.4 Å². The van der Waals surface area contributed by atoms with Gasteiger partial charge in [-0.25, -0.2) is 0 Å². The highest BCUT2D eigenvalue weighted by Crippen LogP contribution is 2.50. The minimum absolute atomic E-state index is 0.0777. The van der Waals surface area contributed by atoms with Gasteiger partial charge in [-0.1, -0.05) is 12.8 Å². The molecule has 2 aliphatic rings. The summed E-state index contributed by atoms with van der Waals surface area (Å²) >= 11 is 0. The van der Waals surface area contributed by atoms with Crippen LogP contribution in [0.4, 0.5) is 0 Å². The fraction of sp³-hybridized carbons (Fsp3) is 1.00. The van der Waals surface area contributed by atoms with Crippen LogP contribution >= 0.6 is 0 Å². The van der Waals surface area contributed by atoms with E-state index >= 15 is 0 Å². The van der Waals surface area contributed by atoms with Crippen LogP contribution < -0.4 is 0 Å². The van der Waals surface area contributed by atoms with Crippen molar-refractivity contribution in [1.29, 1.82) is 0 Å². The predicted molar refractivity (Wildman–Crippen MR) is 73.7 cm³/mol. The molecule has 0 heterocycles. The molecule has 3 heteroatoms. The molecule has 0 aromatic heterocycles. The Labute approximate surface area is 112 Å². The van der Waals surface area contributed by atoms with E-state index in [1.165, 1.54) is 32.1 Å². The third-order valence-electron chi connectivity index (χ3n) is 5.17. The molecule has 0 amide bonds. The van der Waals surface area contributed by atoms with Crippen molar-refractivity contribution in [3.63, 3.8) is 0 Å². The van der Waals surface area contributed by atoms with Gasteiger partial charge in [0, 0.05) is 26.3 Å². The van der Waals surface area contributed by atoms with E-state index in [0.29, 0.717) is 11.5 Å². The second-order valence-electron chi connectivity index (χ2n) is 6.34. The van der Waals surface area contributed by atoms with Gasteiger partial charge in [-0.3, -0.25) is 0 Å². The van der Waals surface area contributed by atoms with Crippen LogP contribution in [0, 0.1) is 5.41 Å². The number of nitrogens with zero attached hydrogens (tertiary/aromatic N) is 1. The zero-order valence-electron chi connectivity index (χ0n) is 12.0. The summed E-state index contributed by atoms with van der Waals surface area (Å²) in [5.74, 6) is 0. The zero-order chi connectivity index (χ0) is 13.0. The molecule has 1 spiro atoms. The van der Waals surface area contributed by atoms with Crippen LogP contribution in [-0.4, -0.2) is 49.5 Å². The molecular formula is C15H29NO2. The molecule has 2 unspecified atom stereocenters. The van der Waals surface area contributed by atoms with Gasteiger partial charge in [0.2, 0.25) is 0 Å². The molecule has 0 saturated heterocycles. The monoisotopic (exact) mass is 255 g/mol. The van der Waals surface area contributed by atoms with Gasteiger partial charge in [-0.2, -0.15) is 0 Å². The van der Waals surface area contributed by atoms with Gasteiger partial charge in [0.25, 0.3) is 0 Å². The Bertz CT molecular complexity index is 251. The van der Waals surface area contributed by atoms with Crippen molar-refractivity contribution in [2.24, 2.45) is 5.41 Å². The summed E-state index contributed by atoms with van der Waals surface area (Å²) in [6.45, 7) is 1.93. The summed E-state index contributed by atoms with van der Waals surface area (Å²) in [5, 5.41) is 9.99. The molecular weight excluding hydrogens is 226 g/mol. The molecule has 2 rings (SSSR count). The molecule has 2 fully saturated rings. The van der Waals surface area contributed by atoms with E-state index in [1.807, 2.05) is 0 Å². The average molecular weight is 255 g/mol. The summed E-state index contributed by atoms with van der Waals surface area (Å²) in [4.78, 5) is 2.49. The SMILES string of the molecule is COCCCN(C)C1CC(O)CCC12CCCC2. The van der Waals surface area contributed by atoms with Crippen molar-refractivity contribution in [3.8, 4) is 0 Å². The van der Waals surface area contributed by atoms with Crippen molar-refractivity contribution in [2.45, 2.75) is 63.5 Å². The van der Waals surface area contributed by atoms with Gasteiger partial charge in [0.05, 0.1) is 6.10 Å². The molecule has 1 N–H and O–H groups in total. The Morgan fingerprint density at radius 1 is 1.28 bits per heavy atom. The number of hydrogen-bond donors (Lipinski definition) is 1. The minimum atomic E-state index is -0.0777.